The van der Waals surface area contributed by atoms with Gasteiger partial charge in [-0.1, -0.05) is 0 Å². The lowest BCUT2D eigenvalue weighted by atomic mass is 10.1. The number of nitrogens with one attached hydrogen (secondary N) is 3. The minimum atomic E-state index is -1.76. The number of hydrogen-bond acceptors (Lipinski definition) is 9. The standard InChI is InChI=1S/C16H26N4O10S/c1-6(21)12(16(29)30)20-14(27)8(4-11(24)25)18-15(28)9(5-31)19-13(26)7(17)2-3-10(22)23/h6-9,12,21,31H,2-5,17H2,1H3,(H,18,28)(H,19,26)(H,20,27)(H,22,23)(H,24,25)(H,29,30). The zero-order valence-corrected chi connectivity index (χ0v) is 17.4. The molecule has 0 rings (SSSR count). The van der Waals surface area contributed by atoms with E-state index in [1.165, 1.54) is 0 Å². The van der Waals surface area contributed by atoms with Crippen LogP contribution >= 0.6 is 12.6 Å². The number of aliphatic hydroxyl groups is 1. The summed E-state index contributed by atoms with van der Waals surface area (Å²) >= 11 is 3.90. The third-order valence-electron chi connectivity index (χ3n) is 3.88. The number of aliphatic carboxylic acids is 3. The number of carboxylic acid groups (broad SMARTS) is 3. The Morgan fingerprint density at radius 3 is 1.81 bits per heavy atom. The van der Waals surface area contributed by atoms with Gasteiger partial charge in [-0.25, -0.2) is 4.79 Å². The van der Waals surface area contributed by atoms with Crippen molar-refractivity contribution in [3.63, 3.8) is 0 Å². The number of hydrogen-bond donors (Lipinski definition) is 9. The largest absolute Gasteiger partial charge is 0.481 e. The van der Waals surface area contributed by atoms with Crippen LogP contribution in [0.4, 0.5) is 0 Å². The molecule has 0 aromatic carbocycles. The molecule has 15 heteroatoms. The average molecular weight is 466 g/mol. The van der Waals surface area contributed by atoms with Crippen LogP contribution in [0.15, 0.2) is 0 Å². The minimum Gasteiger partial charge on any atom is -0.481 e. The van der Waals surface area contributed by atoms with Gasteiger partial charge < -0.3 is 42.1 Å². The van der Waals surface area contributed by atoms with Crippen molar-refractivity contribution in [3.05, 3.63) is 0 Å². The lowest BCUT2D eigenvalue weighted by Gasteiger charge is -2.24. The van der Waals surface area contributed by atoms with Gasteiger partial charge in [-0.15, -0.1) is 0 Å². The Morgan fingerprint density at radius 1 is 0.871 bits per heavy atom. The fourth-order valence-corrected chi connectivity index (χ4v) is 2.44. The summed E-state index contributed by atoms with van der Waals surface area (Å²) in [5.74, 6) is -7.60. The van der Waals surface area contributed by atoms with Gasteiger partial charge in [0.15, 0.2) is 6.04 Å². The van der Waals surface area contributed by atoms with Crippen LogP contribution in [0.2, 0.25) is 0 Å². The molecule has 5 atom stereocenters. The number of thiol groups is 1. The van der Waals surface area contributed by atoms with Gasteiger partial charge in [0, 0.05) is 12.2 Å². The van der Waals surface area contributed by atoms with Crippen molar-refractivity contribution >= 4 is 48.3 Å². The molecule has 3 amide bonds. The zero-order chi connectivity index (χ0) is 24.3. The quantitative estimate of drug-likeness (QED) is 0.114. The van der Waals surface area contributed by atoms with Crippen molar-refractivity contribution in [2.45, 2.75) is 56.5 Å². The van der Waals surface area contributed by atoms with Gasteiger partial charge in [0.1, 0.15) is 12.1 Å². The van der Waals surface area contributed by atoms with Crippen LogP contribution in [0.3, 0.4) is 0 Å². The number of rotatable bonds is 14. The third-order valence-corrected chi connectivity index (χ3v) is 4.24. The van der Waals surface area contributed by atoms with Crippen LogP contribution in [0, 0.1) is 0 Å². The zero-order valence-electron chi connectivity index (χ0n) is 16.5. The first-order chi connectivity index (χ1) is 14.3. The Morgan fingerprint density at radius 2 is 1.39 bits per heavy atom. The highest BCUT2D eigenvalue weighted by molar-refractivity contribution is 7.80. The second kappa shape index (κ2) is 13.4. The highest BCUT2D eigenvalue weighted by atomic mass is 32.1. The molecule has 5 unspecified atom stereocenters. The first kappa shape index (κ1) is 28.1. The van der Waals surface area contributed by atoms with E-state index < -0.39 is 72.3 Å². The summed E-state index contributed by atoms with van der Waals surface area (Å²) < 4.78 is 0. The maximum absolute atomic E-state index is 12.4. The summed E-state index contributed by atoms with van der Waals surface area (Å²) in [6, 6.07) is -6.09. The first-order valence-corrected chi connectivity index (χ1v) is 9.55. The summed E-state index contributed by atoms with van der Waals surface area (Å²) in [5, 5.41) is 42.2. The summed E-state index contributed by atoms with van der Waals surface area (Å²) in [4.78, 5) is 69.4. The molecule has 0 bridgehead atoms. The molecule has 0 heterocycles. The van der Waals surface area contributed by atoms with Crippen molar-refractivity contribution in [1.82, 2.24) is 16.0 Å². The summed E-state index contributed by atoms with van der Waals surface area (Å²) in [7, 11) is 0. The van der Waals surface area contributed by atoms with Gasteiger partial charge >= 0.3 is 17.9 Å². The maximum atomic E-state index is 12.4. The van der Waals surface area contributed by atoms with Crippen LogP contribution in [0.25, 0.3) is 0 Å². The molecule has 0 saturated heterocycles. The van der Waals surface area contributed by atoms with Crippen LogP contribution in [0.5, 0.6) is 0 Å². The van der Waals surface area contributed by atoms with Crippen molar-refractivity contribution < 1.29 is 49.2 Å². The van der Waals surface area contributed by atoms with Gasteiger partial charge in [-0.05, 0) is 13.3 Å². The molecule has 0 aromatic rings. The second-order valence-electron chi connectivity index (χ2n) is 6.51. The number of aliphatic hydroxyl groups excluding tert-OH is 1. The van der Waals surface area contributed by atoms with Crippen LogP contribution in [0.1, 0.15) is 26.2 Å². The van der Waals surface area contributed by atoms with Gasteiger partial charge in [-0.2, -0.15) is 12.6 Å². The van der Waals surface area contributed by atoms with Gasteiger partial charge in [0.05, 0.1) is 18.6 Å². The normalized spacial score (nSPS) is 15.5. The number of nitrogens with two attached hydrogens (primary N) is 1. The van der Waals surface area contributed by atoms with E-state index in [1.54, 1.807) is 0 Å². The summed E-state index contributed by atoms with van der Waals surface area (Å²) in [5.41, 5.74) is 5.54. The van der Waals surface area contributed by atoms with Gasteiger partial charge in [0.25, 0.3) is 0 Å². The Balaban J connectivity index is 5.23. The van der Waals surface area contributed by atoms with Gasteiger partial charge in [0.2, 0.25) is 17.7 Å². The molecule has 0 saturated carbocycles. The number of carbonyl (C=O) groups is 6. The number of amides is 3. The van der Waals surface area contributed by atoms with E-state index in [2.05, 4.69) is 23.3 Å². The lowest BCUT2D eigenvalue weighted by molar-refractivity contribution is -0.146. The van der Waals surface area contributed by atoms with E-state index in [0.29, 0.717) is 0 Å². The van der Waals surface area contributed by atoms with E-state index in [0.717, 1.165) is 6.92 Å². The monoisotopic (exact) mass is 466 g/mol. The van der Waals surface area contributed by atoms with Crippen molar-refractivity contribution in [3.8, 4) is 0 Å². The van der Waals surface area contributed by atoms with Crippen LogP contribution < -0.4 is 21.7 Å². The highest BCUT2D eigenvalue weighted by Crippen LogP contribution is 2.01. The molecule has 0 radical (unpaired) electrons. The van der Waals surface area contributed by atoms with Gasteiger partial charge in [-0.3, -0.25) is 24.0 Å². The van der Waals surface area contributed by atoms with Crippen molar-refractivity contribution in [2.75, 3.05) is 5.75 Å². The molecule has 0 aliphatic rings. The average Bonchev–Trinajstić information content (AvgIpc) is 2.66. The first-order valence-electron chi connectivity index (χ1n) is 8.92. The molecule has 0 fully saturated rings. The van der Waals surface area contributed by atoms with E-state index in [-0.39, 0.29) is 18.6 Å². The molecule has 0 aliphatic heterocycles. The predicted octanol–water partition coefficient (Wildman–Crippen LogP) is -3.50. The Hall–Kier alpha value is -2.91. The van der Waals surface area contributed by atoms with E-state index in [1.807, 2.05) is 5.32 Å². The molecular weight excluding hydrogens is 440 g/mol. The second-order valence-corrected chi connectivity index (χ2v) is 6.87. The Kier molecular flexibility index (Phi) is 12.1. The van der Waals surface area contributed by atoms with Crippen molar-refractivity contribution in [2.24, 2.45) is 5.73 Å². The maximum Gasteiger partial charge on any atom is 0.328 e. The molecule has 9 N–H and O–H groups in total. The molecule has 31 heavy (non-hydrogen) atoms. The third kappa shape index (κ3) is 10.6. The van der Waals surface area contributed by atoms with Crippen molar-refractivity contribution in [1.29, 1.82) is 0 Å². The van der Waals surface area contributed by atoms with E-state index >= 15 is 0 Å². The Labute approximate surface area is 182 Å². The molecule has 14 nitrogen and oxygen atoms in total. The molecular formula is C16H26N4O10S. The smallest absolute Gasteiger partial charge is 0.328 e. The number of carboxylic acids is 3. The topological polar surface area (TPSA) is 245 Å². The molecule has 0 spiro atoms. The predicted molar refractivity (Wildman–Crippen MR) is 106 cm³/mol. The fourth-order valence-electron chi connectivity index (χ4n) is 2.18. The summed E-state index contributed by atoms with van der Waals surface area (Å²) in [6.07, 6.45) is -3.03. The fraction of sp³-hybridized carbons (Fsp3) is 0.625. The molecule has 176 valence electrons. The Bertz CT molecular complexity index is 702. The van der Waals surface area contributed by atoms with Crippen LogP contribution in [-0.2, 0) is 28.8 Å². The summed E-state index contributed by atoms with van der Waals surface area (Å²) in [6.45, 7) is 1.09. The number of carbonyl (C=O) groups excluding carboxylic acids is 3. The minimum absolute atomic E-state index is 0.206. The molecule has 0 aromatic heterocycles. The van der Waals surface area contributed by atoms with E-state index in [9.17, 15) is 33.9 Å². The molecule has 0 aliphatic carbocycles. The SMILES string of the molecule is CC(O)C(NC(=O)C(CC(=O)O)NC(=O)C(CS)NC(=O)C(N)CCC(=O)O)C(=O)O. The lowest BCUT2D eigenvalue weighted by Crippen LogP contribution is -2.59. The highest BCUT2D eigenvalue weighted by Gasteiger charge is 2.32. The van der Waals surface area contributed by atoms with E-state index in [4.69, 9.17) is 21.1 Å². The van der Waals surface area contributed by atoms with Crippen LogP contribution in [-0.4, -0.2) is 92.1 Å².